The SMILES string of the molecule is CCOC(=O)C(C)(C)C(=O)CS(=O)c1ccccc1Br. The van der Waals surface area contributed by atoms with Crippen LogP contribution in [0.5, 0.6) is 0 Å². The molecule has 0 amide bonds. The Kier molecular flexibility index (Phi) is 6.07. The summed E-state index contributed by atoms with van der Waals surface area (Å²) in [4.78, 5) is 24.4. The lowest BCUT2D eigenvalue weighted by atomic mass is 9.89. The number of carbonyl (C=O) groups excluding carboxylic acids is 2. The highest BCUT2D eigenvalue weighted by molar-refractivity contribution is 9.10. The van der Waals surface area contributed by atoms with E-state index in [0.29, 0.717) is 9.37 Å². The number of ether oxygens (including phenoxy) is 1. The van der Waals surface area contributed by atoms with Gasteiger partial charge in [-0.05, 0) is 48.8 Å². The van der Waals surface area contributed by atoms with Crippen molar-refractivity contribution in [1.29, 1.82) is 0 Å². The van der Waals surface area contributed by atoms with Gasteiger partial charge in [0.2, 0.25) is 0 Å². The van der Waals surface area contributed by atoms with Crippen LogP contribution in [0.25, 0.3) is 0 Å². The molecule has 110 valence electrons. The zero-order valence-electron chi connectivity index (χ0n) is 11.6. The van der Waals surface area contributed by atoms with Gasteiger partial charge in [0.1, 0.15) is 5.41 Å². The van der Waals surface area contributed by atoms with Gasteiger partial charge in [-0.1, -0.05) is 12.1 Å². The fourth-order valence-corrected chi connectivity index (χ4v) is 3.53. The highest BCUT2D eigenvalue weighted by atomic mass is 79.9. The van der Waals surface area contributed by atoms with Crippen molar-refractivity contribution in [2.75, 3.05) is 12.4 Å². The maximum absolute atomic E-state index is 12.2. The number of halogens is 1. The van der Waals surface area contributed by atoms with Crippen LogP contribution in [0.3, 0.4) is 0 Å². The smallest absolute Gasteiger partial charge is 0.319 e. The lowest BCUT2D eigenvalue weighted by Gasteiger charge is -2.20. The first-order valence-corrected chi connectivity index (χ1v) is 8.25. The largest absolute Gasteiger partial charge is 0.465 e. The summed E-state index contributed by atoms with van der Waals surface area (Å²) in [5.41, 5.74) is -1.28. The van der Waals surface area contributed by atoms with Crippen LogP contribution in [0.4, 0.5) is 0 Å². The lowest BCUT2D eigenvalue weighted by Crippen LogP contribution is -2.38. The molecule has 1 rings (SSSR count). The van der Waals surface area contributed by atoms with Crippen molar-refractivity contribution in [2.45, 2.75) is 25.7 Å². The molecule has 6 heteroatoms. The quantitative estimate of drug-likeness (QED) is 0.577. The number of esters is 1. The number of rotatable bonds is 6. The molecule has 0 radical (unpaired) electrons. The highest BCUT2D eigenvalue weighted by Crippen LogP contribution is 2.24. The van der Waals surface area contributed by atoms with E-state index < -0.39 is 28.0 Å². The lowest BCUT2D eigenvalue weighted by molar-refractivity contribution is -0.157. The molecular weight excluding hydrogens is 344 g/mol. The Hall–Kier alpha value is -1.01. The van der Waals surface area contributed by atoms with E-state index in [9.17, 15) is 13.8 Å². The van der Waals surface area contributed by atoms with Crippen molar-refractivity contribution in [2.24, 2.45) is 5.41 Å². The Morgan fingerprint density at radius 2 is 1.90 bits per heavy atom. The topological polar surface area (TPSA) is 60.4 Å². The number of benzene rings is 1. The molecule has 1 aromatic carbocycles. The number of Topliss-reactive ketones (excluding diaryl/α,β-unsaturated/α-hetero) is 1. The Bertz CT molecular complexity index is 540. The minimum Gasteiger partial charge on any atom is -0.465 e. The van der Waals surface area contributed by atoms with Gasteiger partial charge in [-0.15, -0.1) is 0 Å². The molecule has 0 saturated carbocycles. The first kappa shape index (κ1) is 17.0. The molecule has 0 fully saturated rings. The molecule has 0 aliphatic carbocycles. The van der Waals surface area contributed by atoms with Gasteiger partial charge >= 0.3 is 5.97 Å². The van der Waals surface area contributed by atoms with E-state index in [1.165, 1.54) is 13.8 Å². The predicted octanol–water partition coefficient (Wildman–Crippen LogP) is 2.72. The minimum absolute atomic E-state index is 0.211. The van der Waals surface area contributed by atoms with Gasteiger partial charge < -0.3 is 4.74 Å². The fraction of sp³-hybridized carbons (Fsp3) is 0.429. The summed E-state index contributed by atoms with van der Waals surface area (Å²) >= 11 is 3.30. The Morgan fingerprint density at radius 1 is 1.30 bits per heavy atom. The van der Waals surface area contributed by atoms with E-state index in [2.05, 4.69) is 15.9 Å². The van der Waals surface area contributed by atoms with E-state index >= 15 is 0 Å². The van der Waals surface area contributed by atoms with E-state index in [0.717, 1.165) is 0 Å². The van der Waals surface area contributed by atoms with Gasteiger partial charge in [-0.25, -0.2) is 0 Å². The maximum Gasteiger partial charge on any atom is 0.319 e. The molecule has 0 saturated heterocycles. The van der Waals surface area contributed by atoms with Crippen LogP contribution >= 0.6 is 15.9 Å². The second kappa shape index (κ2) is 7.13. The van der Waals surface area contributed by atoms with Crippen molar-refractivity contribution in [3.05, 3.63) is 28.7 Å². The molecule has 0 heterocycles. The standard InChI is InChI=1S/C14H17BrO4S/c1-4-19-13(17)14(2,3)12(16)9-20(18)11-8-6-5-7-10(11)15/h5-8H,4,9H2,1-3H3. The number of ketones is 1. The summed E-state index contributed by atoms with van der Waals surface area (Å²) in [5.74, 6) is -1.20. The second-order valence-corrected chi connectivity index (χ2v) is 6.96. The van der Waals surface area contributed by atoms with Crippen LogP contribution in [-0.4, -0.2) is 28.3 Å². The molecular formula is C14H17BrO4S. The molecule has 0 aliphatic rings. The van der Waals surface area contributed by atoms with E-state index in [1.54, 1.807) is 31.2 Å². The average molecular weight is 361 g/mol. The molecule has 0 aliphatic heterocycles. The predicted molar refractivity (Wildman–Crippen MR) is 80.8 cm³/mol. The van der Waals surface area contributed by atoms with E-state index in [4.69, 9.17) is 4.74 Å². The van der Waals surface area contributed by atoms with Gasteiger partial charge in [-0.2, -0.15) is 0 Å². The third kappa shape index (κ3) is 3.99. The Morgan fingerprint density at radius 3 is 2.45 bits per heavy atom. The number of carbonyl (C=O) groups is 2. The third-order valence-electron chi connectivity index (χ3n) is 2.83. The van der Waals surface area contributed by atoms with Gasteiger partial charge in [0.05, 0.1) is 28.1 Å². The monoisotopic (exact) mass is 360 g/mol. The van der Waals surface area contributed by atoms with Crippen LogP contribution in [0, 0.1) is 5.41 Å². The van der Waals surface area contributed by atoms with Gasteiger partial charge in [-0.3, -0.25) is 13.8 Å². The summed E-state index contributed by atoms with van der Waals surface area (Å²) in [6, 6.07) is 6.99. The summed E-state index contributed by atoms with van der Waals surface area (Å²) in [7, 11) is -1.50. The van der Waals surface area contributed by atoms with Crippen molar-refractivity contribution in [3.63, 3.8) is 0 Å². The van der Waals surface area contributed by atoms with Crippen LogP contribution in [0.15, 0.2) is 33.6 Å². The van der Waals surface area contributed by atoms with Crippen LogP contribution in [0.2, 0.25) is 0 Å². The van der Waals surface area contributed by atoms with Crippen LogP contribution < -0.4 is 0 Å². The maximum atomic E-state index is 12.2. The summed E-state index contributed by atoms with van der Waals surface area (Å²) in [6.45, 7) is 4.87. The van der Waals surface area contributed by atoms with Gasteiger partial charge in [0.15, 0.2) is 5.78 Å². The molecule has 0 aromatic heterocycles. The molecule has 1 aromatic rings. The van der Waals surface area contributed by atoms with Crippen molar-refractivity contribution in [1.82, 2.24) is 0 Å². The van der Waals surface area contributed by atoms with Gasteiger partial charge in [0.25, 0.3) is 0 Å². The van der Waals surface area contributed by atoms with E-state index in [-0.39, 0.29) is 12.4 Å². The molecule has 4 nitrogen and oxygen atoms in total. The molecule has 1 unspecified atom stereocenters. The number of hydrogen-bond acceptors (Lipinski definition) is 4. The normalized spacial score (nSPS) is 12.8. The van der Waals surface area contributed by atoms with Crippen molar-refractivity contribution in [3.8, 4) is 0 Å². The molecule has 0 spiro atoms. The first-order chi connectivity index (χ1) is 9.30. The van der Waals surface area contributed by atoms with Gasteiger partial charge in [0, 0.05) is 4.47 Å². The molecule has 20 heavy (non-hydrogen) atoms. The van der Waals surface area contributed by atoms with Crippen LogP contribution in [0.1, 0.15) is 20.8 Å². The Labute approximate surface area is 129 Å². The molecule has 0 bridgehead atoms. The number of hydrogen-bond donors (Lipinski definition) is 0. The highest BCUT2D eigenvalue weighted by Gasteiger charge is 2.38. The third-order valence-corrected chi connectivity index (χ3v) is 5.15. The van der Waals surface area contributed by atoms with Crippen molar-refractivity contribution >= 4 is 38.5 Å². The zero-order chi connectivity index (χ0) is 15.3. The van der Waals surface area contributed by atoms with E-state index in [1.807, 2.05) is 0 Å². The fourth-order valence-electron chi connectivity index (χ4n) is 1.43. The molecule has 0 N–H and O–H groups in total. The molecule has 1 atom stereocenters. The van der Waals surface area contributed by atoms with Crippen LogP contribution in [-0.2, 0) is 25.1 Å². The van der Waals surface area contributed by atoms with Crippen molar-refractivity contribution < 1.29 is 18.5 Å². The zero-order valence-corrected chi connectivity index (χ0v) is 14.0. The first-order valence-electron chi connectivity index (χ1n) is 6.14. The minimum atomic E-state index is -1.50. The second-order valence-electron chi connectivity index (χ2n) is 4.69. The summed E-state index contributed by atoms with van der Waals surface area (Å²) < 4.78 is 17.8. The Balaban J connectivity index is 2.83. The average Bonchev–Trinajstić information content (AvgIpc) is 2.39. The summed E-state index contributed by atoms with van der Waals surface area (Å²) in [5, 5.41) is 0. The summed E-state index contributed by atoms with van der Waals surface area (Å²) in [6.07, 6.45) is 0.